The molecule has 1 aromatic carbocycles. The van der Waals surface area contributed by atoms with E-state index in [4.69, 9.17) is 9.47 Å². The highest BCUT2D eigenvalue weighted by molar-refractivity contribution is 5.57. The summed E-state index contributed by atoms with van der Waals surface area (Å²) in [5.41, 5.74) is 3.23. The van der Waals surface area contributed by atoms with Crippen LogP contribution in [0.25, 0.3) is 0 Å². The molecular formula is C14H21NO3. The third kappa shape index (κ3) is 2.44. The lowest BCUT2D eigenvalue weighted by Crippen LogP contribution is -2.50. The van der Waals surface area contributed by atoms with Gasteiger partial charge in [-0.25, -0.2) is 0 Å². The molecular weight excluding hydrogens is 230 g/mol. The Labute approximate surface area is 108 Å². The summed E-state index contributed by atoms with van der Waals surface area (Å²) in [6.45, 7) is 6.23. The van der Waals surface area contributed by atoms with Crippen LogP contribution in [0.2, 0.25) is 0 Å². The quantitative estimate of drug-likeness (QED) is 0.837. The summed E-state index contributed by atoms with van der Waals surface area (Å²) < 4.78 is 10.5. The van der Waals surface area contributed by atoms with E-state index in [9.17, 15) is 5.11 Å². The highest BCUT2D eigenvalue weighted by Gasteiger charge is 2.37. The molecule has 100 valence electrons. The third-order valence-corrected chi connectivity index (χ3v) is 3.55. The Morgan fingerprint density at radius 2 is 2.06 bits per heavy atom. The first kappa shape index (κ1) is 13.2. The van der Waals surface area contributed by atoms with E-state index in [0.29, 0.717) is 13.2 Å². The molecule has 2 rings (SSSR count). The number of hydrogen-bond donors (Lipinski definition) is 2. The van der Waals surface area contributed by atoms with Crippen LogP contribution in [0.5, 0.6) is 5.75 Å². The van der Waals surface area contributed by atoms with Crippen molar-refractivity contribution < 1.29 is 14.6 Å². The van der Waals surface area contributed by atoms with E-state index in [2.05, 4.69) is 11.4 Å². The van der Waals surface area contributed by atoms with Crippen molar-refractivity contribution in [3.8, 4) is 5.75 Å². The van der Waals surface area contributed by atoms with Crippen LogP contribution in [0, 0.1) is 19.3 Å². The molecule has 0 radical (unpaired) electrons. The van der Waals surface area contributed by atoms with Crippen LogP contribution in [0.15, 0.2) is 12.1 Å². The van der Waals surface area contributed by atoms with Crippen LogP contribution < -0.4 is 10.1 Å². The van der Waals surface area contributed by atoms with Crippen molar-refractivity contribution in [1.29, 1.82) is 0 Å². The Kier molecular flexibility index (Phi) is 3.78. The third-order valence-electron chi connectivity index (χ3n) is 3.55. The second-order valence-electron chi connectivity index (χ2n) is 5.14. The summed E-state index contributed by atoms with van der Waals surface area (Å²) in [5.74, 6) is 0.905. The molecule has 1 aliphatic rings. The van der Waals surface area contributed by atoms with Crippen molar-refractivity contribution in [3.63, 3.8) is 0 Å². The first-order valence-electron chi connectivity index (χ1n) is 6.18. The maximum atomic E-state index is 9.38. The van der Waals surface area contributed by atoms with Gasteiger partial charge >= 0.3 is 0 Å². The average molecular weight is 251 g/mol. The van der Waals surface area contributed by atoms with Gasteiger partial charge in [0.15, 0.2) is 0 Å². The number of aryl methyl sites for hydroxylation is 2. The molecule has 1 saturated heterocycles. The minimum Gasteiger partial charge on any atom is -0.496 e. The molecule has 2 N–H and O–H groups in total. The lowest BCUT2D eigenvalue weighted by atomic mass is 9.87. The fraction of sp³-hybridized carbons (Fsp3) is 0.571. The molecule has 0 aromatic heterocycles. The van der Waals surface area contributed by atoms with Crippen molar-refractivity contribution in [1.82, 2.24) is 0 Å². The fourth-order valence-corrected chi connectivity index (χ4v) is 2.12. The monoisotopic (exact) mass is 251 g/mol. The second-order valence-corrected chi connectivity index (χ2v) is 5.14. The summed E-state index contributed by atoms with van der Waals surface area (Å²) >= 11 is 0. The highest BCUT2D eigenvalue weighted by Crippen LogP contribution is 2.30. The molecule has 18 heavy (non-hydrogen) atoms. The second kappa shape index (κ2) is 5.16. The Balaban J connectivity index is 2.07. The van der Waals surface area contributed by atoms with E-state index in [1.54, 1.807) is 7.11 Å². The van der Waals surface area contributed by atoms with Crippen LogP contribution in [0.3, 0.4) is 0 Å². The summed E-state index contributed by atoms with van der Waals surface area (Å²) in [6, 6.07) is 4.11. The van der Waals surface area contributed by atoms with Gasteiger partial charge in [-0.2, -0.15) is 0 Å². The molecule has 1 aromatic rings. The van der Waals surface area contributed by atoms with Crippen LogP contribution in [-0.4, -0.2) is 38.6 Å². The average Bonchev–Trinajstić information content (AvgIpc) is 2.32. The Bertz CT molecular complexity index is 422. The molecule has 0 amide bonds. The molecule has 1 aliphatic heterocycles. The Hall–Kier alpha value is -1.26. The number of aliphatic hydroxyl groups excluding tert-OH is 1. The zero-order valence-electron chi connectivity index (χ0n) is 11.2. The van der Waals surface area contributed by atoms with E-state index >= 15 is 0 Å². The van der Waals surface area contributed by atoms with E-state index in [0.717, 1.165) is 29.1 Å². The van der Waals surface area contributed by atoms with Crippen LogP contribution in [0.1, 0.15) is 11.1 Å². The smallest absolute Gasteiger partial charge is 0.122 e. The topological polar surface area (TPSA) is 50.7 Å². The number of benzene rings is 1. The predicted molar refractivity (Wildman–Crippen MR) is 71.3 cm³/mol. The number of ether oxygens (including phenoxy) is 2. The molecule has 0 spiro atoms. The van der Waals surface area contributed by atoms with Crippen LogP contribution in [0.4, 0.5) is 5.69 Å². The molecule has 0 atom stereocenters. The number of hydrogen-bond acceptors (Lipinski definition) is 4. The van der Waals surface area contributed by atoms with Gasteiger partial charge in [-0.3, -0.25) is 0 Å². The SMILES string of the molecule is COc1cc(C)c(NCC2(CO)COC2)cc1C. The van der Waals surface area contributed by atoms with Crippen LogP contribution in [-0.2, 0) is 4.74 Å². The van der Waals surface area contributed by atoms with E-state index in [1.807, 2.05) is 19.9 Å². The molecule has 1 fully saturated rings. The van der Waals surface area contributed by atoms with Crippen molar-refractivity contribution in [2.75, 3.05) is 38.8 Å². The number of anilines is 1. The molecule has 1 heterocycles. The largest absolute Gasteiger partial charge is 0.496 e. The summed E-state index contributed by atoms with van der Waals surface area (Å²) in [6.07, 6.45) is 0. The maximum Gasteiger partial charge on any atom is 0.122 e. The standard InChI is InChI=1S/C14H21NO3/c1-10-5-13(17-3)11(2)4-12(10)15-6-14(7-16)8-18-9-14/h4-5,15-16H,6-9H2,1-3H3. The van der Waals surface area contributed by atoms with E-state index in [1.165, 1.54) is 0 Å². The van der Waals surface area contributed by atoms with E-state index in [-0.39, 0.29) is 12.0 Å². The van der Waals surface area contributed by atoms with Crippen molar-refractivity contribution in [2.24, 2.45) is 5.41 Å². The lowest BCUT2D eigenvalue weighted by Gasteiger charge is -2.40. The molecule has 0 bridgehead atoms. The minimum absolute atomic E-state index is 0.111. The van der Waals surface area contributed by atoms with Crippen molar-refractivity contribution >= 4 is 5.69 Å². The maximum absolute atomic E-state index is 9.38. The van der Waals surface area contributed by atoms with Gasteiger partial charge in [0.2, 0.25) is 0 Å². The summed E-state index contributed by atoms with van der Waals surface area (Å²) in [4.78, 5) is 0. The number of rotatable bonds is 5. The summed E-state index contributed by atoms with van der Waals surface area (Å²) in [5, 5.41) is 12.8. The lowest BCUT2D eigenvalue weighted by molar-refractivity contribution is -0.128. The van der Waals surface area contributed by atoms with Gasteiger partial charge in [-0.15, -0.1) is 0 Å². The first-order valence-corrected chi connectivity index (χ1v) is 6.18. The van der Waals surface area contributed by atoms with Crippen molar-refractivity contribution in [3.05, 3.63) is 23.3 Å². The van der Waals surface area contributed by atoms with Gasteiger partial charge in [-0.05, 0) is 37.1 Å². The molecule has 0 unspecified atom stereocenters. The number of aliphatic hydroxyl groups is 1. The Morgan fingerprint density at radius 3 is 2.56 bits per heavy atom. The predicted octanol–water partition coefficient (Wildman–Crippen LogP) is 1.73. The molecule has 0 saturated carbocycles. The first-order chi connectivity index (χ1) is 8.60. The van der Waals surface area contributed by atoms with Gasteiger partial charge in [0, 0.05) is 12.2 Å². The summed E-state index contributed by atoms with van der Waals surface area (Å²) in [7, 11) is 1.68. The van der Waals surface area contributed by atoms with E-state index < -0.39 is 0 Å². The number of nitrogens with one attached hydrogen (secondary N) is 1. The molecule has 4 heteroatoms. The van der Waals surface area contributed by atoms with Crippen LogP contribution >= 0.6 is 0 Å². The van der Waals surface area contributed by atoms with Gasteiger partial charge in [0.05, 0.1) is 32.3 Å². The van der Waals surface area contributed by atoms with Gasteiger partial charge in [-0.1, -0.05) is 0 Å². The van der Waals surface area contributed by atoms with Gasteiger partial charge < -0.3 is 19.9 Å². The Morgan fingerprint density at radius 1 is 1.33 bits per heavy atom. The fourth-order valence-electron chi connectivity index (χ4n) is 2.12. The highest BCUT2D eigenvalue weighted by atomic mass is 16.5. The zero-order valence-corrected chi connectivity index (χ0v) is 11.2. The van der Waals surface area contributed by atoms with Crippen molar-refractivity contribution in [2.45, 2.75) is 13.8 Å². The normalized spacial score (nSPS) is 17.1. The molecule has 0 aliphatic carbocycles. The van der Waals surface area contributed by atoms with Gasteiger partial charge in [0.1, 0.15) is 5.75 Å². The molecule has 4 nitrogen and oxygen atoms in total. The van der Waals surface area contributed by atoms with Gasteiger partial charge in [0.25, 0.3) is 0 Å². The minimum atomic E-state index is -0.111. The number of methoxy groups -OCH3 is 1. The zero-order chi connectivity index (χ0) is 13.2.